The van der Waals surface area contributed by atoms with Crippen LogP contribution < -0.4 is 4.74 Å². The Bertz CT molecular complexity index is 838. The number of amides is 1. The maximum atomic E-state index is 12.7. The minimum atomic E-state index is -2.91. The molecule has 1 fully saturated rings. The standard InChI is InChI=1S/C17H18F2N4O4/c1-10-14(15(24)22-8-2-3-11(9-22)16(25)26)20-21-23(10)12-4-6-13(7-5-12)27-17(18)19/h4-7,11,17H,2-3,8-9H2,1H3,(H,25,26)/t11-/m0/s1. The molecule has 10 heteroatoms. The highest BCUT2D eigenvalue weighted by Gasteiger charge is 2.31. The minimum Gasteiger partial charge on any atom is -0.481 e. The van der Waals surface area contributed by atoms with E-state index in [9.17, 15) is 18.4 Å². The Hall–Kier alpha value is -3.04. The second-order valence-electron chi connectivity index (χ2n) is 6.24. The van der Waals surface area contributed by atoms with Gasteiger partial charge in [0, 0.05) is 13.1 Å². The number of aliphatic carboxylic acids is 1. The molecule has 27 heavy (non-hydrogen) atoms. The van der Waals surface area contributed by atoms with E-state index in [1.54, 1.807) is 6.92 Å². The normalized spacial score (nSPS) is 17.2. The van der Waals surface area contributed by atoms with Crippen molar-refractivity contribution in [3.63, 3.8) is 0 Å². The molecule has 0 bridgehead atoms. The predicted octanol–water partition coefficient (Wildman–Crippen LogP) is 2.11. The summed E-state index contributed by atoms with van der Waals surface area (Å²) in [5.41, 5.74) is 1.14. The topological polar surface area (TPSA) is 97.5 Å². The number of aromatic nitrogens is 3. The third-order valence-corrected chi connectivity index (χ3v) is 4.46. The predicted molar refractivity (Wildman–Crippen MR) is 89.0 cm³/mol. The molecule has 0 radical (unpaired) electrons. The number of carbonyl (C=O) groups is 2. The molecule has 144 valence electrons. The molecule has 8 nitrogen and oxygen atoms in total. The van der Waals surface area contributed by atoms with Crippen molar-refractivity contribution in [1.82, 2.24) is 19.9 Å². The van der Waals surface area contributed by atoms with E-state index in [0.717, 1.165) is 0 Å². The summed E-state index contributed by atoms with van der Waals surface area (Å²) in [6.45, 7) is -0.642. The molecule has 1 amide bonds. The number of benzene rings is 1. The monoisotopic (exact) mass is 380 g/mol. The van der Waals surface area contributed by atoms with E-state index < -0.39 is 18.5 Å². The summed E-state index contributed by atoms with van der Waals surface area (Å²) < 4.78 is 30.2. The first-order chi connectivity index (χ1) is 12.9. The Balaban J connectivity index is 1.78. The lowest BCUT2D eigenvalue weighted by Gasteiger charge is -2.30. The summed E-state index contributed by atoms with van der Waals surface area (Å²) in [4.78, 5) is 25.4. The van der Waals surface area contributed by atoms with E-state index in [0.29, 0.717) is 30.8 Å². The van der Waals surface area contributed by atoms with Crippen LogP contribution in [0.3, 0.4) is 0 Å². The number of likely N-dealkylation sites (tertiary alicyclic amines) is 1. The molecular formula is C17H18F2N4O4. The van der Waals surface area contributed by atoms with Crippen LogP contribution in [0.25, 0.3) is 5.69 Å². The lowest BCUT2D eigenvalue weighted by atomic mass is 9.98. The molecule has 1 aliphatic heterocycles. The number of halogens is 2. The van der Waals surface area contributed by atoms with Crippen molar-refractivity contribution in [3.05, 3.63) is 35.7 Å². The zero-order valence-electron chi connectivity index (χ0n) is 14.5. The summed E-state index contributed by atoms with van der Waals surface area (Å²) in [7, 11) is 0. The molecule has 0 saturated carbocycles. The van der Waals surface area contributed by atoms with Crippen molar-refractivity contribution < 1.29 is 28.2 Å². The summed E-state index contributed by atoms with van der Waals surface area (Å²) in [6.07, 6.45) is 1.15. The molecule has 3 rings (SSSR count). The van der Waals surface area contributed by atoms with Gasteiger partial charge in [-0.15, -0.1) is 5.10 Å². The van der Waals surface area contributed by atoms with Crippen LogP contribution in [0.2, 0.25) is 0 Å². The Kier molecular flexibility index (Phi) is 5.33. The molecule has 1 aromatic heterocycles. The minimum absolute atomic E-state index is 0.0100. The first-order valence-corrected chi connectivity index (χ1v) is 8.36. The largest absolute Gasteiger partial charge is 0.481 e. The lowest BCUT2D eigenvalue weighted by Crippen LogP contribution is -2.42. The molecule has 1 aromatic carbocycles. The van der Waals surface area contributed by atoms with Gasteiger partial charge < -0.3 is 14.7 Å². The molecule has 1 saturated heterocycles. The molecule has 1 N–H and O–H groups in total. The van der Waals surface area contributed by atoms with Crippen LogP contribution in [0.15, 0.2) is 24.3 Å². The Morgan fingerprint density at radius 2 is 2.00 bits per heavy atom. The average Bonchev–Trinajstić information content (AvgIpc) is 3.03. The van der Waals surface area contributed by atoms with Crippen molar-refractivity contribution in [2.24, 2.45) is 5.92 Å². The SMILES string of the molecule is Cc1c(C(=O)N2CCC[C@H](C(=O)O)C2)nnn1-c1ccc(OC(F)F)cc1. The van der Waals surface area contributed by atoms with Crippen LogP contribution in [0, 0.1) is 12.8 Å². The van der Waals surface area contributed by atoms with E-state index in [-0.39, 0.29) is 23.9 Å². The number of carbonyl (C=O) groups excluding carboxylic acids is 1. The van der Waals surface area contributed by atoms with Crippen LogP contribution in [0.5, 0.6) is 5.75 Å². The lowest BCUT2D eigenvalue weighted by molar-refractivity contribution is -0.143. The van der Waals surface area contributed by atoms with Crippen LogP contribution in [0.1, 0.15) is 29.0 Å². The van der Waals surface area contributed by atoms with Gasteiger partial charge in [-0.2, -0.15) is 8.78 Å². The summed E-state index contributed by atoms with van der Waals surface area (Å²) in [6, 6.07) is 5.78. The number of carboxylic acids is 1. The van der Waals surface area contributed by atoms with E-state index >= 15 is 0 Å². The van der Waals surface area contributed by atoms with Gasteiger partial charge in [0.25, 0.3) is 5.91 Å². The fraction of sp³-hybridized carbons (Fsp3) is 0.412. The highest BCUT2D eigenvalue weighted by molar-refractivity contribution is 5.93. The smallest absolute Gasteiger partial charge is 0.387 e. The van der Waals surface area contributed by atoms with Gasteiger partial charge in [-0.25, -0.2) is 4.68 Å². The zero-order chi connectivity index (χ0) is 19.6. The van der Waals surface area contributed by atoms with Gasteiger partial charge in [0.1, 0.15) is 5.75 Å². The van der Waals surface area contributed by atoms with Gasteiger partial charge in [0.05, 0.1) is 17.3 Å². The van der Waals surface area contributed by atoms with Gasteiger partial charge in [-0.1, -0.05) is 5.21 Å². The third-order valence-electron chi connectivity index (χ3n) is 4.46. The average molecular weight is 380 g/mol. The number of alkyl halides is 2. The van der Waals surface area contributed by atoms with E-state index in [1.165, 1.54) is 33.8 Å². The number of rotatable bonds is 5. The Morgan fingerprint density at radius 1 is 1.30 bits per heavy atom. The van der Waals surface area contributed by atoms with Crippen LogP contribution in [-0.2, 0) is 4.79 Å². The number of hydrogen-bond donors (Lipinski definition) is 1. The van der Waals surface area contributed by atoms with Crippen LogP contribution in [-0.4, -0.2) is 56.6 Å². The van der Waals surface area contributed by atoms with Crippen molar-refractivity contribution in [2.75, 3.05) is 13.1 Å². The molecule has 2 heterocycles. The number of ether oxygens (including phenoxy) is 1. The maximum Gasteiger partial charge on any atom is 0.387 e. The van der Waals surface area contributed by atoms with Gasteiger partial charge in [-0.05, 0) is 44.0 Å². The first-order valence-electron chi connectivity index (χ1n) is 8.36. The highest BCUT2D eigenvalue weighted by atomic mass is 19.3. The van der Waals surface area contributed by atoms with E-state index in [2.05, 4.69) is 15.0 Å². The zero-order valence-corrected chi connectivity index (χ0v) is 14.5. The molecule has 2 aromatic rings. The van der Waals surface area contributed by atoms with Crippen LogP contribution in [0.4, 0.5) is 8.78 Å². The number of piperidine rings is 1. The maximum absolute atomic E-state index is 12.7. The molecule has 0 spiro atoms. The summed E-state index contributed by atoms with van der Waals surface area (Å²) >= 11 is 0. The quantitative estimate of drug-likeness (QED) is 0.853. The number of hydrogen-bond acceptors (Lipinski definition) is 5. The van der Waals surface area contributed by atoms with Crippen molar-refractivity contribution in [3.8, 4) is 11.4 Å². The van der Waals surface area contributed by atoms with Crippen LogP contribution >= 0.6 is 0 Å². The number of nitrogens with zero attached hydrogens (tertiary/aromatic N) is 4. The second-order valence-corrected chi connectivity index (χ2v) is 6.24. The summed E-state index contributed by atoms with van der Waals surface area (Å²) in [5, 5.41) is 17.1. The van der Waals surface area contributed by atoms with Gasteiger partial charge in [-0.3, -0.25) is 9.59 Å². The number of carboxylic acid groups (broad SMARTS) is 1. The molecule has 1 atom stereocenters. The molecule has 1 aliphatic rings. The third kappa shape index (κ3) is 4.04. The summed E-state index contributed by atoms with van der Waals surface area (Å²) in [5.74, 6) is -1.86. The fourth-order valence-corrected chi connectivity index (χ4v) is 3.05. The van der Waals surface area contributed by atoms with Crippen molar-refractivity contribution in [1.29, 1.82) is 0 Å². The Morgan fingerprint density at radius 3 is 2.63 bits per heavy atom. The van der Waals surface area contributed by atoms with Gasteiger partial charge in [0.2, 0.25) is 0 Å². The highest BCUT2D eigenvalue weighted by Crippen LogP contribution is 2.21. The Labute approximate surface area is 153 Å². The fourth-order valence-electron chi connectivity index (χ4n) is 3.05. The van der Waals surface area contributed by atoms with Crippen molar-refractivity contribution in [2.45, 2.75) is 26.4 Å². The van der Waals surface area contributed by atoms with Crippen molar-refractivity contribution >= 4 is 11.9 Å². The molecule has 0 unspecified atom stereocenters. The van der Waals surface area contributed by atoms with E-state index in [1.807, 2.05) is 0 Å². The second kappa shape index (κ2) is 7.68. The van der Waals surface area contributed by atoms with E-state index in [4.69, 9.17) is 5.11 Å². The first kappa shape index (κ1) is 18.7. The van der Waals surface area contributed by atoms with Gasteiger partial charge in [0.15, 0.2) is 5.69 Å². The molecular weight excluding hydrogens is 362 g/mol. The van der Waals surface area contributed by atoms with Gasteiger partial charge >= 0.3 is 12.6 Å². The molecule has 0 aliphatic carbocycles.